The van der Waals surface area contributed by atoms with Gasteiger partial charge >= 0.3 is 5.97 Å². The minimum Gasteiger partial charge on any atom is -0.481 e. The first-order chi connectivity index (χ1) is 14.9. The quantitative estimate of drug-likeness (QED) is 0.608. The lowest BCUT2D eigenvalue weighted by molar-refractivity contribution is -0.137. The van der Waals surface area contributed by atoms with Crippen LogP contribution in [-0.2, 0) is 11.2 Å². The van der Waals surface area contributed by atoms with E-state index in [2.05, 4.69) is 48.3 Å². The average Bonchev–Trinajstić information content (AvgIpc) is 3.21. The van der Waals surface area contributed by atoms with Gasteiger partial charge in [-0.1, -0.05) is 30.3 Å². The third-order valence-corrected chi connectivity index (χ3v) is 6.76. The lowest BCUT2D eigenvalue weighted by atomic mass is 9.98. The maximum atomic E-state index is 11.6. The average molecular weight is 436 g/mol. The number of aliphatic imine (C=N–C) groups is 1. The number of carbonyl (C=O) groups is 1. The van der Waals surface area contributed by atoms with Gasteiger partial charge in [-0.05, 0) is 50.9 Å². The second-order valence-electron chi connectivity index (χ2n) is 7.66. The third kappa shape index (κ3) is 3.90. The monoisotopic (exact) mass is 435 g/mol. The Kier molecular flexibility index (Phi) is 5.73. The highest BCUT2D eigenvalue weighted by Crippen LogP contribution is 2.39. The first-order valence-electron chi connectivity index (χ1n) is 10.2. The highest BCUT2D eigenvalue weighted by Gasteiger charge is 2.32. The molecule has 0 bridgehead atoms. The molecule has 160 valence electrons. The molecule has 0 fully saturated rings. The molecule has 2 aromatic heterocycles. The van der Waals surface area contributed by atoms with Gasteiger partial charge in [0.2, 0.25) is 0 Å². The van der Waals surface area contributed by atoms with Gasteiger partial charge in [0.1, 0.15) is 16.9 Å². The highest BCUT2D eigenvalue weighted by atomic mass is 32.1. The Bertz CT molecular complexity index is 1190. The molecule has 0 amide bonds. The standard InChI is InChI=1S/C23H25N5O2S/c1-13-14(2)31-23-20(13)21(17-9-7-16(8-10-17)6-4-5-11-24)25-18(12-19(29)30)22-27-26-15(3)28(22)23/h5,7-11,18H,4,6,12,24H2,1-3H3,(H,29,30). The molecule has 1 aliphatic heterocycles. The number of hydrogen-bond donors (Lipinski definition) is 2. The number of thiophene rings is 1. The van der Waals surface area contributed by atoms with E-state index in [1.54, 1.807) is 17.5 Å². The lowest BCUT2D eigenvalue weighted by Gasteiger charge is -2.11. The number of hydrogen-bond acceptors (Lipinski definition) is 6. The molecular weight excluding hydrogens is 410 g/mol. The fraction of sp³-hybridized carbons (Fsp3) is 0.304. The van der Waals surface area contributed by atoms with E-state index in [-0.39, 0.29) is 6.42 Å². The zero-order valence-electron chi connectivity index (χ0n) is 17.8. The molecule has 3 heterocycles. The largest absolute Gasteiger partial charge is 0.481 e. The summed E-state index contributed by atoms with van der Waals surface area (Å²) in [5.74, 6) is 0.386. The Morgan fingerprint density at radius 2 is 1.97 bits per heavy atom. The summed E-state index contributed by atoms with van der Waals surface area (Å²) in [4.78, 5) is 17.7. The van der Waals surface area contributed by atoms with Gasteiger partial charge in [-0.3, -0.25) is 14.4 Å². The van der Waals surface area contributed by atoms with Crippen LogP contribution in [0.5, 0.6) is 0 Å². The van der Waals surface area contributed by atoms with Crippen molar-refractivity contribution in [1.82, 2.24) is 14.8 Å². The molecular formula is C23H25N5O2S. The molecule has 0 radical (unpaired) electrons. The predicted molar refractivity (Wildman–Crippen MR) is 122 cm³/mol. The molecule has 1 aliphatic rings. The van der Waals surface area contributed by atoms with E-state index in [0.717, 1.165) is 46.1 Å². The Morgan fingerprint density at radius 1 is 1.23 bits per heavy atom. The van der Waals surface area contributed by atoms with E-state index in [0.29, 0.717) is 5.82 Å². The van der Waals surface area contributed by atoms with Gasteiger partial charge in [0, 0.05) is 16.0 Å². The fourth-order valence-corrected chi connectivity index (χ4v) is 5.08. The molecule has 8 heteroatoms. The Morgan fingerprint density at radius 3 is 2.65 bits per heavy atom. The minimum atomic E-state index is -0.915. The number of aromatic nitrogens is 3. The van der Waals surface area contributed by atoms with Crippen LogP contribution in [0.1, 0.15) is 57.7 Å². The van der Waals surface area contributed by atoms with Crippen molar-refractivity contribution in [2.45, 2.75) is 46.1 Å². The zero-order valence-corrected chi connectivity index (χ0v) is 18.6. The van der Waals surface area contributed by atoms with Crippen molar-refractivity contribution in [3.8, 4) is 5.00 Å². The molecule has 0 aliphatic carbocycles. The van der Waals surface area contributed by atoms with Crippen LogP contribution in [0.4, 0.5) is 0 Å². The van der Waals surface area contributed by atoms with Crippen LogP contribution in [0.2, 0.25) is 0 Å². The number of carboxylic acids is 1. The molecule has 1 atom stereocenters. The van der Waals surface area contributed by atoms with Crippen LogP contribution in [0.3, 0.4) is 0 Å². The van der Waals surface area contributed by atoms with E-state index < -0.39 is 12.0 Å². The maximum Gasteiger partial charge on any atom is 0.306 e. The minimum absolute atomic E-state index is 0.141. The smallest absolute Gasteiger partial charge is 0.306 e. The van der Waals surface area contributed by atoms with E-state index in [1.165, 1.54) is 10.4 Å². The highest BCUT2D eigenvalue weighted by molar-refractivity contribution is 7.15. The van der Waals surface area contributed by atoms with Crippen LogP contribution >= 0.6 is 11.3 Å². The van der Waals surface area contributed by atoms with Crippen molar-refractivity contribution in [2.75, 3.05) is 0 Å². The van der Waals surface area contributed by atoms with E-state index >= 15 is 0 Å². The van der Waals surface area contributed by atoms with Crippen molar-refractivity contribution < 1.29 is 9.90 Å². The molecule has 0 spiro atoms. The maximum absolute atomic E-state index is 11.6. The summed E-state index contributed by atoms with van der Waals surface area (Å²) in [6.07, 6.45) is 5.17. The number of carboxylic acid groups (broad SMARTS) is 1. The summed E-state index contributed by atoms with van der Waals surface area (Å²) in [5.41, 5.74) is 10.6. The molecule has 1 unspecified atom stereocenters. The first-order valence-corrected chi connectivity index (χ1v) is 11.0. The molecule has 3 aromatic rings. The van der Waals surface area contributed by atoms with Gasteiger partial charge in [0.15, 0.2) is 5.82 Å². The topological polar surface area (TPSA) is 106 Å². The van der Waals surface area contributed by atoms with Crippen molar-refractivity contribution >= 4 is 23.0 Å². The van der Waals surface area contributed by atoms with Crippen molar-refractivity contribution in [2.24, 2.45) is 10.7 Å². The van der Waals surface area contributed by atoms with E-state index in [4.69, 9.17) is 10.7 Å². The molecule has 3 N–H and O–H groups in total. The number of rotatable bonds is 6. The number of fused-ring (bicyclic) bond motifs is 3. The van der Waals surface area contributed by atoms with Crippen LogP contribution in [0, 0.1) is 20.8 Å². The normalized spacial score (nSPS) is 15.5. The second kappa shape index (κ2) is 8.47. The lowest BCUT2D eigenvalue weighted by Crippen LogP contribution is -2.10. The molecule has 31 heavy (non-hydrogen) atoms. The molecule has 7 nitrogen and oxygen atoms in total. The van der Waals surface area contributed by atoms with E-state index in [1.807, 2.05) is 17.6 Å². The SMILES string of the molecule is Cc1sc2c(c1C)C(c1ccc(CCC=CN)cc1)=NC(CC(=O)O)c1nnc(C)n1-2. The Hall–Kier alpha value is -3.26. The third-order valence-electron chi connectivity index (χ3n) is 5.57. The summed E-state index contributed by atoms with van der Waals surface area (Å²) in [6, 6.07) is 7.71. The summed E-state index contributed by atoms with van der Waals surface area (Å²) in [5, 5.41) is 19.0. The number of aryl methyl sites for hydroxylation is 3. The zero-order chi connectivity index (χ0) is 22.1. The summed E-state index contributed by atoms with van der Waals surface area (Å²) in [6.45, 7) is 6.07. The van der Waals surface area contributed by atoms with Crippen LogP contribution in [0.25, 0.3) is 5.00 Å². The van der Waals surface area contributed by atoms with Crippen LogP contribution < -0.4 is 5.73 Å². The second-order valence-corrected chi connectivity index (χ2v) is 8.86. The van der Waals surface area contributed by atoms with Gasteiger partial charge < -0.3 is 10.8 Å². The molecule has 4 rings (SSSR count). The molecule has 0 saturated heterocycles. The first kappa shape index (κ1) is 21.0. The van der Waals surface area contributed by atoms with Gasteiger partial charge in [0.05, 0.1) is 12.1 Å². The van der Waals surface area contributed by atoms with Gasteiger partial charge in [-0.15, -0.1) is 21.5 Å². The summed E-state index contributed by atoms with van der Waals surface area (Å²) < 4.78 is 1.97. The van der Waals surface area contributed by atoms with Crippen molar-refractivity contribution in [3.63, 3.8) is 0 Å². The summed E-state index contributed by atoms with van der Waals surface area (Å²) in [7, 11) is 0. The number of nitrogens with zero attached hydrogens (tertiary/aromatic N) is 4. The predicted octanol–water partition coefficient (Wildman–Crippen LogP) is 4.03. The Balaban J connectivity index is 1.86. The number of allylic oxidation sites excluding steroid dienone is 1. The van der Waals surface area contributed by atoms with Crippen molar-refractivity contribution in [3.05, 3.63) is 75.3 Å². The molecule has 0 saturated carbocycles. The number of nitrogens with two attached hydrogens (primary N) is 1. The van der Waals surface area contributed by atoms with Gasteiger partial charge in [-0.2, -0.15) is 0 Å². The molecule has 1 aromatic carbocycles. The number of aliphatic carboxylic acids is 1. The van der Waals surface area contributed by atoms with Crippen molar-refractivity contribution in [1.29, 1.82) is 0 Å². The number of benzene rings is 1. The van der Waals surface area contributed by atoms with Crippen LogP contribution in [0.15, 0.2) is 41.5 Å². The van der Waals surface area contributed by atoms with Crippen LogP contribution in [-0.4, -0.2) is 31.6 Å². The van der Waals surface area contributed by atoms with Gasteiger partial charge in [0.25, 0.3) is 0 Å². The fourth-order valence-electron chi connectivity index (χ4n) is 3.87. The van der Waals surface area contributed by atoms with E-state index in [9.17, 15) is 9.90 Å². The summed E-state index contributed by atoms with van der Waals surface area (Å²) >= 11 is 1.66. The Labute approximate surface area is 185 Å². The van der Waals surface area contributed by atoms with Gasteiger partial charge in [-0.25, -0.2) is 0 Å².